The molecule has 0 aliphatic heterocycles. The van der Waals surface area contributed by atoms with Gasteiger partial charge in [0.1, 0.15) is 0 Å². The van der Waals surface area contributed by atoms with E-state index in [-0.39, 0.29) is 0 Å². The second-order valence-electron chi connectivity index (χ2n) is 19.1. The van der Waals surface area contributed by atoms with E-state index >= 15 is 0 Å². The third-order valence-corrected chi connectivity index (χ3v) is 31.5. The van der Waals surface area contributed by atoms with Crippen LogP contribution in [0.15, 0.2) is 97.1 Å². The molecule has 1 fully saturated rings. The highest BCUT2D eigenvalue weighted by molar-refractivity contribution is 7.84. The van der Waals surface area contributed by atoms with E-state index in [1.165, 1.54) is 157 Å². The van der Waals surface area contributed by atoms with E-state index in [0.717, 1.165) is 0 Å². The molecule has 4 aromatic carbocycles. The molecule has 1 nitrogen and oxygen atoms in total. The summed E-state index contributed by atoms with van der Waals surface area (Å²) in [6, 6.07) is 49.7. The highest BCUT2D eigenvalue weighted by atomic mass is 31.2. The Kier molecular flexibility index (Phi) is 21.5. The van der Waals surface area contributed by atoms with Gasteiger partial charge in [-0.3, -0.25) is 0 Å². The number of unbranched alkanes of at least 4 members (excludes halogenated alkanes) is 6. The van der Waals surface area contributed by atoms with Crippen LogP contribution in [0.4, 0.5) is 0 Å². The highest BCUT2D eigenvalue weighted by Gasteiger charge is 2.40. The van der Waals surface area contributed by atoms with Gasteiger partial charge in [0.25, 0.3) is 0 Å². The molecule has 2 unspecified atom stereocenters. The zero-order chi connectivity index (χ0) is 43.5. The van der Waals surface area contributed by atoms with Gasteiger partial charge in [-0.05, 0) is 59.0 Å². The number of aryl methyl sites for hydroxylation is 2. The lowest BCUT2D eigenvalue weighted by Gasteiger charge is -2.46. The highest BCUT2D eigenvalue weighted by Crippen LogP contribution is 2.58. The van der Waals surface area contributed by atoms with Gasteiger partial charge >= 0.3 is 0 Å². The van der Waals surface area contributed by atoms with Crippen LogP contribution < -0.4 is 31.6 Å². The summed E-state index contributed by atoms with van der Waals surface area (Å²) in [6.07, 6.45) is 22.8. The lowest BCUT2D eigenvalue weighted by Crippen LogP contribution is -2.48. The molecule has 0 aromatic heterocycles. The molecule has 5 rings (SSSR count). The molecule has 334 valence electrons. The van der Waals surface area contributed by atoms with Gasteiger partial charge < -0.3 is 0 Å². The minimum absolute atomic E-state index is 0.559. The number of benzene rings is 4. The Balaban J connectivity index is 1.73. The second-order valence-corrected chi connectivity index (χ2v) is 32.8. The second kappa shape index (κ2) is 26.2. The van der Waals surface area contributed by atoms with Crippen molar-refractivity contribution in [3.05, 3.63) is 108 Å². The molecule has 2 atom stereocenters. The van der Waals surface area contributed by atoms with Crippen LogP contribution >= 0.6 is 16.1 Å². The van der Waals surface area contributed by atoms with Crippen LogP contribution in [-0.4, -0.2) is 26.6 Å². The fourth-order valence-corrected chi connectivity index (χ4v) is 28.5. The number of rotatable bonds is 27. The van der Waals surface area contributed by atoms with Gasteiger partial charge in [-0.1, -0.05) is 282 Å². The fourth-order valence-electron chi connectivity index (χ4n) is 10.7. The van der Waals surface area contributed by atoms with E-state index in [1.807, 2.05) is 0 Å². The Labute approximate surface area is 381 Å². The molecule has 0 amide bonds. The number of hydrogen-bond acceptors (Lipinski definition) is 1. The third-order valence-electron chi connectivity index (χ3n) is 14.5. The first-order chi connectivity index (χ1) is 29.8. The first-order valence-electron chi connectivity index (χ1n) is 25.5. The molecule has 1 saturated carbocycles. The monoisotopic (exact) mass is 892 g/mol. The van der Waals surface area contributed by atoms with Gasteiger partial charge in [-0.2, -0.15) is 0 Å². The van der Waals surface area contributed by atoms with Crippen molar-refractivity contribution in [1.82, 2.24) is 4.44 Å². The Hall–Kier alpha value is -1.87. The van der Waals surface area contributed by atoms with Crippen molar-refractivity contribution in [1.29, 1.82) is 0 Å². The Bertz CT molecular complexity index is 1650. The van der Waals surface area contributed by atoms with E-state index in [0.29, 0.717) is 6.04 Å². The fraction of sp³-hybridized carbons (Fsp3) is 0.571. The number of hydrogen-bond donors (Lipinski definition) is 0. The molecule has 0 heterocycles. The molecule has 0 saturated heterocycles. The van der Waals surface area contributed by atoms with E-state index in [4.69, 9.17) is 0 Å². The number of nitrogens with zero attached hydrogens (tertiary/aromatic N) is 1. The first-order valence-corrected chi connectivity index (χ1v) is 33.4. The van der Waals surface area contributed by atoms with Crippen molar-refractivity contribution in [3.63, 3.8) is 0 Å². The van der Waals surface area contributed by atoms with E-state index < -0.39 is 32.3 Å². The van der Waals surface area contributed by atoms with Crippen LogP contribution in [0.3, 0.4) is 0 Å². The van der Waals surface area contributed by atoms with Crippen LogP contribution in [0.25, 0.3) is 0 Å². The molecular formula is C56H87NP2Si2. The third kappa shape index (κ3) is 13.1. The van der Waals surface area contributed by atoms with Crippen molar-refractivity contribution >= 4 is 63.9 Å². The van der Waals surface area contributed by atoms with Crippen molar-refractivity contribution in [2.24, 2.45) is 0 Å². The minimum atomic E-state index is -1.62. The Morgan fingerprint density at radius 3 is 1.03 bits per heavy atom. The summed E-state index contributed by atoms with van der Waals surface area (Å²) in [5, 5.41) is 9.73. The smallest absolute Gasteiger partial charge is 0.0867 e. The standard InChI is InChI=1S/C56H87NP2Si2/c1-9-15-42-60(43-16-10-2,44-17-11-3)53-38-34-51(35-39-53)58(55-32-26-24-28-48(55)7)57(50-30-22-21-23-31-50)59(56-33-27-25-29-49(56)8)52-36-40-54(41-37-52)61(45-18-12-4,46-19-13-5)47-20-14-6/h24-29,32-41,50H,9-23,30-31,42-47H2,1-8H3. The van der Waals surface area contributed by atoms with Gasteiger partial charge in [-0.25, -0.2) is 4.44 Å². The predicted molar refractivity (Wildman–Crippen MR) is 285 cm³/mol. The minimum Gasteiger partial charge on any atom is -0.242 e. The molecule has 1 aliphatic carbocycles. The Morgan fingerprint density at radius 1 is 0.426 bits per heavy atom. The molecule has 61 heavy (non-hydrogen) atoms. The quantitative estimate of drug-likeness (QED) is 0.0426. The molecule has 0 bridgehead atoms. The van der Waals surface area contributed by atoms with Gasteiger partial charge in [-0.15, -0.1) is 0 Å². The van der Waals surface area contributed by atoms with E-state index in [9.17, 15) is 0 Å². The lowest BCUT2D eigenvalue weighted by atomic mass is 9.96. The van der Waals surface area contributed by atoms with Crippen LogP contribution in [0.5, 0.6) is 0 Å². The van der Waals surface area contributed by atoms with Gasteiger partial charge in [0.15, 0.2) is 0 Å². The summed E-state index contributed by atoms with van der Waals surface area (Å²) in [5.41, 5.74) is 2.90. The van der Waals surface area contributed by atoms with Crippen LogP contribution in [0.2, 0.25) is 36.3 Å². The van der Waals surface area contributed by atoms with Gasteiger partial charge in [0.05, 0.1) is 16.1 Å². The predicted octanol–water partition coefficient (Wildman–Crippen LogP) is 15.4. The summed E-state index contributed by atoms with van der Waals surface area (Å²) in [5.74, 6) is 0. The Morgan fingerprint density at radius 2 is 0.738 bits per heavy atom. The molecular weight excluding hydrogens is 805 g/mol. The van der Waals surface area contributed by atoms with Gasteiger partial charge in [0.2, 0.25) is 0 Å². The summed E-state index contributed by atoms with van der Waals surface area (Å²) in [7, 11) is -4.86. The molecule has 0 spiro atoms. The maximum absolute atomic E-state index is 3.20. The topological polar surface area (TPSA) is 3.24 Å². The van der Waals surface area contributed by atoms with Crippen molar-refractivity contribution in [3.8, 4) is 0 Å². The maximum atomic E-state index is 3.20. The maximum Gasteiger partial charge on any atom is 0.0867 e. The SMILES string of the molecule is CCCC[Si](CCCC)(CCCC)c1ccc(P(c2ccccc2C)N(C2CCCCC2)P(c2ccc([Si](CCCC)(CCCC)CCCC)cc2)c2ccccc2C)cc1. The molecule has 5 heteroatoms. The molecule has 0 N–H and O–H groups in total. The van der Waals surface area contributed by atoms with Gasteiger partial charge in [0, 0.05) is 22.2 Å². The first kappa shape index (κ1) is 50.1. The summed E-state index contributed by atoms with van der Waals surface area (Å²) < 4.78 is 3.20. The van der Waals surface area contributed by atoms with Crippen molar-refractivity contribution < 1.29 is 0 Å². The van der Waals surface area contributed by atoms with E-state index in [1.54, 1.807) is 31.6 Å². The largest absolute Gasteiger partial charge is 0.242 e. The average molecular weight is 892 g/mol. The zero-order valence-corrected chi connectivity index (χ0v) is 44.2. The summed E-state index contributed by atoms with van der Waals surface area (Å²) in [4.78, 5) is 0. The van der Waals surface area contributed by atoms with Crippen molar-refractivity contribution in [2.45, 2.75) is 207 Å². The van der Waals surface area contributed by atoms with Crippen LogP contribution in [0.1, 0.15) is 162 Å². The summed E-state index contributed by atoms with van der Waals surface area (Å²) >= 11 is 0. The lowest BCUT2D eigenvalue weighted by molar-refractivity contribution is 0.355. The average Bonchev–Trinajstić information content (AvgIpc) is 3.30. The van der Waals surface area contributed by atoms with Crippen molar-refractivity contribution in [2.75, 3.05) is 0 Å². The molecule has 1 aliphatic rings. The van der Waals surface area contributed by atoms with Crippen LogP contribution in [0, 0.1) is 13.8 Å². The normalized spacial score (nSPS) is 15.0. The summed E-state index contributed by atoms with van der Waals surface area (Å²) in [6.45, 7) is 19.2. The van der Waals surface area contributed by atoms with Crippen LogP contribution in [-0.2, 0) is 0 Å². The molecule has 0 radical (unpaired) electrons. The zero-order valence-electron chi connectivity index (χ0n) is 40.4. The van der Waals surface area contributed by atoms with E-state index in [2.05, 4.69) is 157 Å². The molecule has 4 aromatic rings.